The average Bonchev–Trinajstić information content (AvgIpc) is 2.99. The minimum absolute atomic E-state index is 0.121. The predicted molar refractivity (Wildman–Crippen MR) is 101 cm³/mol. The molecule has 5 nitrogen and oxygen atoms in total. The number of nitrogens with one attached hydrogen (secondary N) is 2. The normalized spacial score (nSPS) is 13.7. The molecule has 0 fully saturated rings. The van der Waals surface area contributed by atoms with Crippen molar-refractivity contribution in [3.63, 3.8) is 0 Å². The summed E-state index contributed by atoms with van der Waals surface area (Å²) < 4.78 is 4.95. The Morgan fingerprint density at radius 3 is 2.32 bits per heavy atom. The first-order valence-electron chi connectivity index (χ1n) is 8.97. The largest absolute Gasteiger partial charge is 0.360 e. The lowest BCUT2D eigenvalue weighted by Gasteiger charge is -2.23. The summed E-state index contributed by atoms with van der Waals surface area (Å²) in [5.74, 6) is 1.93. The van der Waals surface area contributed by atoms with Crippen molar-refractivity contribution in [1.29, 1.82) is 0 Å². The van der Waals surface area contributed by atoms with Crippen LogP contribution in [0, 0.1) is 12.8 Å². The van der Waals surface area contributed by atoms with Crippen LogP contribution in [0.1, 0.15) is 63.0 Å². The molecule has 0 saturated heterocycles. The molecule has 25 heavy (non-hydrogen) atoms. The summed E-state index contributed by atoms with van der Waals surface area (Å²) in [7, 11) is 0. The van der Waals surface area contributed by atoms with Crippen LogP contribution in [0.5, 0.6) is 0 Å². The SMILES string of the molecule is CC[C@@H](C)c1ccc([C@H](NCC(=O)Nc2cc(C)on2)C(C)C)cc1. The highest BCUT2D eigenvalue weighted by atomic mass is 16.5. The van der Waals surface area contributed by atoms with E-state index in [4.69, 9.17) is 4.52 Å². The van der Waals surface area contributed by atoms with Crippen molar-refractivity contribution in [3.8, 4) is 0 Å². The molecule has 2 aromatic rings. The Balaban J connectivity index is 1.97. The van der Waals surface area contributed by atoms with Gasteiger partial charge in [-0.3, -0.25) is 4.79 Å². The number of rotatable bonds is 8. The van der Waals surface area contributed by atoms with E-state index >= 15 is 0 Å². The van der Waals surface area contributed by atoms with Crippen LogP contribution in [-0.4, -0.2) is 17.6 Å². The number of hydrogen-bond acceptors (Lipinski definition) is 4. The van der Waals surface area contributed by atoms with E-state index < -0.39 is 0 Å². The summed E-state index contributed by atoms with van der Waals surface area (Å²) >= 11 is 0. The number of aromatic nitrogens is 1. The third-order valence-corrected chi connectivity index (χ3v) is 4.52. The smallest absolute Gasteiger partial charge is 0.239 e. The maximum Gasteiger partial charge on any atom is 0.239 e. The minimum Gasteiger partial charge on any atom is -0.360 e. The van der Waals surface area contributed by atoms with Crippen LogP contribution in [0.3, 0.4) is 0 Å². The van der Waals surface area contributed by atoms with E-state index in [1.54, 1.807) is 13.0 Å². The lowest BCUT2D eigenvalue weighted by molar-refractivity contribution is -0.115. The Morgan fingerprint density at radius 1 is 1.16 bits per heavy atom. The van der Waals surface area contributed by atoms with Gasteiger partial charge in [0.2, 0.25) is 5.91 Å². The second-order valence-electron chi connectivity index (χ2n) is 6.95. The van der Waals surface area contributed by atoms with Gasteiger partial charge in [0.25, 0.3) is 0 Å². The first kappa shape index (κ1) is 19.2. The molecule has 0 saturated carbocycles. The highest BCUT2D eigenvalue weighted by Crippen LogP contribution is 2.25. The molecule has 0 unspecified atom stereocenters. The zero-order chi connectivity index (χ0) is 18.4. The highest BCUT2D eigenvalue weighted by molar-refractivity contribution is 5.91. The van der Waals surface area contributed by atoms with Gasteiger partial charge in [-0.05, 0) is 36.3 Å². The van der Waals surface area contributed by atoms with E-state index in [9.17, 15) is 4.79 Å². The van der Waals surface area contributed by atoms with Crippen LogP contribution in [-0.2, 0) is 4.79 Å². The maximum absolute atomic E-state index is 12.1. The summed E-state index contributed by atoms with van der Waals surface area (Å²) in [4.78, 5) is 12.1. The molecule has 0 aliphatic rings. The molecular formula is C20H29N3O2. The quantitative estimate of drug-likeness (QED) is 0.744. The van der Waals surface area contributed by atoms with Gasteiger partial charge in [0, 0.05) is 12.1 Å². The van der Waals surface area contributed by atoms with Gasteiger partial charge >= 0.3 is 0 Å². The number of aryl methyl sites for hydroxylation is 1. The van der Waals surface area contributed by atoms with Crippen LogP contribution < -0.4 is 10.6 Å². The van der Waals surface area contributed by atoms with E-state index in [2.05, 4.69) is 67.8 Å². The lowest BCUT2D eigenvalue weighted by Crippen LogP contribution is -2.33. The van der Waals surface area contributed by atoms with Gasteiger partial charge in [-0.1, -0.05) is 57.1 Å². The van der Waals surface area contributed by atoms with Crippen LogP contribution in [0.25, 0.3) is 0 Å². The Kier molecular flexibility index (Phi) is 6.76. The molecule has 1 aromatic carbocycles. The van der Waals surface area contributed by atoms with E-state index in [1.165, 1.54) is 11.1 Å². The topological polar surface area (TPSA) is 67.2 Å². The van der Waals surface area contributed by atoms with Gasteiger partial charge in [-0.25, -0.2) is 0 Å². The summed E-state index contributed by atoms with van der Waals surface area (Å²) in [6.07, 6.45) is 1.13. The van der Waals surface area contributed by atoms with Gasteiger partial charge in [-0.15, -0.1) is 0 Å². The van der Waals surface area contributed by atoms with Crippen molar-refractivity contribution in [3.05, 3.63) is 47.2 Å². The third-order valence-electron chi connectivity index (χ3n) is 4.52. The van der Waals surface area contributed by atoms with Gasteiger partial charge in [-0.2, -0.15) is 0 Å². The van der Waals surface area contributed by atoms with Crippen molar-refractivity contribution < 1.29 is 9.32 Å². The molecule has 5 heteroatoms. The molecule has 1 heterocycles. The number of amides is 1. The third kappa shape index (κ3) is 5.43. The number of benzene rings is 1. The van der Waals surface area contributed by atoms with E-state index in [0.29, 0.717) is 23.4 Å². The second-order valence-corrected chi connectivity index (χ2v) is 6.95. The minimum atomic E-state index is -0.129. The molecule has 0 aliphatic heterocycles. The lowest BCUT2D eigenvalue weighted by atomic mass is 9.92. The molecule has 0 bridgehead atoms. The molecule has 136 valence electrons. The fourth-order valence-electron chi connectivity index (χ4n) is 2.82. The van der Waals surface area contributed by atoms with E-state index in [-0.39, 0.29) is 18.5 Å². The molecule has 0 spiro atoms. The van der Waals surface area contributed by atoms with Gasteiger partial charge in [0.1, 0.15) is 5.76 Å². The van der Waals surface area contributed by atoms with Crippen LogP contribution in [0.15, 0.2) is 34.9 Å². The first-order chi connectivity index (χ1) is 11.9. The van der Waals surface area contributed by atoms with Gasteiger partial charge < -0.3 is 15.2 Å². The zero-order valence-electron chi connectivity index (χ0n) is 15.8. The van der Waals surface area contributed by atoms with Crippen molar-refractivity contribution in [2.45, 2.75) is 53.0 Å². The Morgan fingerprint density at radius 2 is 1.80 bits per heavy atom. The van der Waals surface area contributed by atoms with Crippen molar-refractivity contribution in [2.75, 3.05) is 11.9 Å². The number of carbonyl (C=O) groups excluding carboxylic acids is 1. The standard InChI is InChI=1S/C20H29N3O2/c1-6-14(4)16-7-9-17(10-8-16)20(13(2)3)21-12-19(24)22-18-11-15(5)25-23-18/h7-11,13-14,20-21H,6,12H2,1-5H3,(H,22,23,24)/t14-,20-/m1/s1. The molecule has 2 rings (SSSR count). The van der Waals surface area contributed by atoms with Crippen LogP contribution in [0.2, 0.25) is 0 Å². The second kappa shape index (κ2) is 8.81. The number of nitrogens with zero attached hydrogens (tertiary/aromatic N) is 1. The number of carbonyl (C=O) groups is 1. The molecular weight excluding hydrogens is 314 g/mol. The molecule has 2 N–H and O–H groups in total. The first-order valence-corrected chi connectivity index (χ1v) is 8.97. The Bertz CT molecular complexity index is 677. The molecule has 2 atom stereocenters. The Hall–Kier alpha value is -2.14. The molecule has 0 aliphatic carbocycles. The highest BCUT2D eigenvalue weighted by Gasteiger charge is 2.17. The molecule has 1 amide bonds. The number of hydrogen-bond donors (Lipinski definition) is 2. The fraction of sp³-hybridized carbons (Fsp3) is 0.500. The summed E-state index contributed by atoms with van der Waals surface area (Å²) in [6.45, 7) is 10.8. The molecule has 0 radical (unpaired) electrons. The monoisotopic (exact) mass is 343 g/mol. The van der Waals surface area contributed by atoms with Crippen LogP contribution >= 0.6 is 0 Å². The van der Waals surface area contributed by atoms with Gasteiger partial charge in [0.15, 0.2) is 5.82 Å². The maximum atomic E-state index is 12.1. The van der Waals surface area contributed by atoms with Crippen molar-refractivity contribution in [2.24, 2.45) is 5.92 Å². The fourth-order valence-corrected chi connectivity index (χ4v) is 2.82. The van der Waals surface area contributed by atoms with Gasteiger partial charge in [0.05, 0.1) is 6.54 Å². The van der Waals surface area contributed by atoms with Crippen molar-refractivity contribution >= 4 is 11.7 Å². The predicted octanol–water partition coefficient (Wildman–Crippen LogP) is 4.42. The Labute approximate surface area is 150 Å². The summed E-state index contributed by atoms with van der Waals surface area (Å²) in [5, 5.41) is 9.86. The number of anilines is 1. The average molecular weight is 343 g/mol. The summed E-state index contributed by atoms with van der Waals surface area (Å²) in [6, 6.07) is 10.5. The van der Waals surface area contributed by atoms with Crippen molar-refractivity contribution in [1.82, 2.24) is 10.5 Å². The van der Waals surface area contributed by atoms with E-state index in [1.807, 2.05) is 0 Å². The van der Waals surface area contributed by atoms with Crippen LogP contribution in [0.4, 0.5) is 5.82 Å². The molecule has 1 aromatic heterocycles. The summed E-state index contributed by atoms with van der Waals surface area (Å²) in [5.41, 5.74) is 2.56. The zero-order valence-corrected chi connectivity index (χ0v) is 15.8. The van der Waals surface area contributed by atoms with E-state index in [0.717, 1.165) is 6.42 Å².